The first-order valence-corrected chi connectivity index (χ1v) is 12.7. The van der Waals surface area contributed by atoms with E-state index in [1.54, 1.807) is 12.1 Å². The molecule has 4 aromatic rings. The molecule has 0 amide bonds. The van der Waals surface area contributed by atoms with E-state index in [1.165, 1.54) is 5.56 Å². The van der Waals surface area contributed by atoms with Crippen molar-refractivity contribution in [3.05, 3.63) is 131 Å². The van der Waals surface area contributed by atoms with Crippen LogP contribution >= 0.6 is 0 Å². The van der Waals surface area contributed by atoms with E-state index >= 15 is 0 Å². The van der Waals surface area contributed by atoms with Gasteiger partial charge in [-0.25, -0.2) is 9.79 Å². The van der Waals surface area contributed by atoms with Gasteiger partial charge in [-0.1, -0.05) is 54.1 Å². The van der Waals surface area contributed by atoms with Crippen LogP contribution in [0.15, 0.2) is 119 Å². The maximum atomic E-state index is 12.3. The highest BCUT2D eigenvalue weighted by molar-refractivity contribution is 6.08. The van der Waals surface area contributed by atoms with E-state index in [9.17, 15) is 9.90 Å². The molecule has 2 aliphatic rings. The molecule has 0 fully saturated rings. The molecule has 4 aromatic carbocycles. The summed E-state index contributed by atoms with van der Waals surface area (Å²) in [5, 5.41) is 15.1. The minimum absolute atomic E-state index is 0.234. The molecule has 0 aromatic heterocycles. The molecular weight excluding hydrogens is 484 g/mol. The highest BCUT2D eigenvalue weighted by Gasteiger charge is 2.22. The first-order valence-electron chi connectivity index (χ1n) is 12.7. The fraction of sp³-hybridized carbons (Fsp3) is 0.0588. The molecule has 39 heavy (non-hydrogen) atoms. The highest BCUT2D eigenvalue weighted by atomic mass is 16.4. The summed E-state index contributed by atoms with van der Waals surface area (Å²) in [5.74, 6) is -0.345. The van der Waals surface area contributed by atoms with Crippen LogP contribution in [0.1, 0.15) is 21.5 Å². The second-order valence-electron chi connectivity index (χ2n) is 9.61. The Morgan fingerprint density at radius 3 is 2.31 bits per heavy atom. The van der Waals surface area contributed by atoms with E-state index in [1.807, 2.05) is 111 Å². The summed E-state index contributed by atoms with van der Waals surface area (Å²) in [6, 6.07) is 34.9. The zero-order chi connectivity index (χ0) is 26.9. The van der Waals surface area contributed by atoms with Gasteiger partial charge in [0, 0.05) is 34.0 Å². The fourth-order valence-corrected chi connectivity index (χ4v) is 4.85. The lowest BCUT2D eigenvalue weighted by molar-refractivity contribution is 0.0697. The molecule has 0 bridgehead atoms. The molecule has 0 unspecified atom stereocenters. The summed E-state index contributed by atoms with van der Waals surface area (Å²) in [4.78, 5) is 17.0. The second kappa shape index (κ2) is 9.95. The molecule has 0 spiro atoms. The third-order valence-electron chi connectivity index (χ3n) is 6.82. The Bertz CT molecular complexity index is 1870. The molecule has 2 N–H and O–H groups in total. The summed E-state index contributed by atoms with van der Waals surface area (Å²) >= 11 is 0. The van der Waals surface area contributed by atoms with Gasteiger partial charge in [-0.15, -0.1) is 0 Å². The minimum atomic E-state index is -0.978. The van der Waals surface area contributed by atoms with Crippen molar-refractivity contribution in [3.8, 4) is 22.5 Å². The Hall–Kier alpha value is -5.16. The minimum Gasteiger partial charge on any atom is -0.478 e. The molecule has 5 nitrogen and oxygen atoms in total. The van der Waals surface area contributed by atoms with E-state index < -0.39 is 5.97 Å². The van der Waals surface area contributed by atoms with E-state index in [4.69, 9.17) is 9.41 Å². The second-order valence-corrected chi connectivity index (χ2v) is 9.61. The molecule has 1 heterocycles. The van der Waals surface area contributed by atoms with Crippen LogP contribution in [-0.4, -0.2) is 11.1 Å². The summed E-state index contributed by atoms with van der Waals surface area (Å²) in [6.07, 6.45) is 0. The maximum absolute atomic E-state index is 12.3. The molecule has 0 saturated heterocycles. The number of rotatable bonds is 5. The first kappa shape index (κ1) is 24.2. The van der Waals surface area contributed by atoms with Crippen molar-refractivity contribution < 1.29 is 14.3 Å². The quantitative estimate of drug-likeness (QED) is 0.228. The van der Waals surface area contributed by atoms with Crippen LogP contribution < -0.4 is 10.7 Å². The van der Waals surface area contributed by atoms with Gasteiger partial charge in [-0.3, -0.25) is 0 Å². The Balaban J connectivity index is 1.63. The van der Waals surface area contributed by atoms with Crippen molar-refractivity contribution in [2.24, 2.45) is 4.99 Å². The van der Waals surface area contributed by atoms with Crippen molar-refractivity contribution in [2.45, 2.75) is 13.8 Å². The van der Waals surface area contributed by atoms with E-state index in [2.05, 4.69) is 5.32 Å². The predicted molar refractivity (Wildman–Crippen MR) is 156 cm³/mol. The summed E-state index contributed by atoms with van der Waals surface area (Å²) in [5.41, 5.74) is 8.07. The number of nitrogens with one attached hydrogen (secondary N) is 1. The molecule has 1 aliphatic heterocycles. The van der Waals surface area contributed by atoms with Crippen molar-refractivity contribution in [1.82, 2.24) is 0 Å². The Morgan fingerprint density at radius 2 is 1.54 bits per heavy atom. The molecule has 190 valence electrons. The normalized spacial score (nSPS) is 11.7. The average Bonchev–Trinajstić information content (AvgIpc) is 2.94. The monoisotopic (exact) mass is 510 g/mol. The summed E-state index contributed by atoms with van der Waals surface area (Å²) in [7, 11) is 0. The third-order valence-corrected chi connectivity index (χ3v) is 6.82. The van der Waals surface area contributed by atoms with Crippen molar-refractivity contribution in [1.29, 1.82) is 0 Å². The van der Waals surface area contributed by atoms with Gasteiger partial charge in [0.15, 0.2) is 0 Å². The number of fused-ring (bicyclic) bond motifs is 2. The van der Waals surface area contributed by atoms with Crippen LogP contribution in [0.4, 0.5) is 17.1 Å². The number of benzene rings is 5. The molecular formula is C34H26N2O3. The standard InChI is InChI=1S/C34H26N2O3/c1-21-12-14-24(15-13-21)35-25-16-17-28-32(19-25)39-31-18-22(2)30(36-23-8-4-3-5-9-23)20-29(31)33(28)26-10-6-7-11-27(26)34(37)38/h3-20,36H,1-2H3,(H,37,38)/b35-25+. The molecule has 0 atom stereocenters. The van der Waals surface area contributed by atoms with Crippen LogP contribution in [0.5, 0.6) is 0 Å². The number of hydrogen-bond donors (Lipinski definition) is 2. The van der Waals surface area contributed by atoms with Gasteiger partial charge in [0.2, 0.25) is 0 Å². The number of para-hydroxylation sites is 1. The van der Waals surface area contributed by atoms with Crippen LogP contribution in [0.25, 0.3) is 33.4 Å². The topological polar surface area (TPSA) is 74.8 Å². The molecule has 6 rings (SSSR count). The lowest BCUT2D eigenvalue weighted by atomic mass is 9.90. The molecule has 0 radical (unpaired) electrons. The number of nitrogens with zero attached hydrogens (tertiary/aromatic N) is 1. The van der Waals surface area contributed by atoms with Gasteiger partial charge in [0.05, 0.1) is 16.6 Å². The maximum Gasteiger partial charge on any atom is 0.336 e. The molecule has 1 aliphatic carbocycles. The number of carboxylic acids is 1. The van der Waals surface area contributed by atoms with Gasteiger partial charge in [0.1, 0.15) is 11.3 Å². The molecule has 5 heteroatoms. The number of carbonyl (C=O) groups is 1. The fourth-order valence-electron chi connectivity index (χ4n) is 4.85. The third kappa shape index (κ3) is 4.78. The van der Waals surface area contributed by atoms with Gasteiger partial charge >= 0.3 is 5.97 Å². The van der Waals surface area contributed by atoms with Crippen LogP contribution in [0.3, 0.4) is 0 Å². The zero-order valence-corrected chi connectivity index (χ0v) is 21.6. The smallest absolute Gasteiger partial charge is 0.336 e. The number of anilines is 2. The average molecular weight is 511 g/mol. The van der Waals surface area contributed by atoms with Crippen molar-refractivity contribution >= 4 is 34.0 Å². The first-order chi connectivity index (χ1) is 19.0. The van der Waals surface area contributed by atoms with E-state index in [0.29, 0.717) is 16.9 Å². The lowest BCUT2D eigenvalue weighted by Gasteiger charge is -2.19. The number of carboxylic acid groups (broad SMARTS) is 1. The van der Waals surface area contributed by atoms with Crippen LogP contribution in [-0.2, 0) is 0 Å². The highest BCUT2D eigenvalue weighted by Crippen LogP contribution is 2.43. The Morgan fingerprint density at radius 1 is 0.795 bits per heavy atom. The number of hydrogen-bond acceptors (Lipinski definition) is 4. The summed E-state index contributed by atoms with van der Waals surface area (Å²) < 4.78 is 6.46. The van der Waals surface area contributed by atoms with E-state index in [-0.39, 0.29) is 5.56 Å². The van der Waals surface area contributed by atoms with Gasteiger partial charge in [-0.2, -0.15) is 0 Å². The van der Waals surface area contributed by atoms with Crippen molar-refractivity contribution in [3.63, 3.8) is 0 Å². The summed E-state index contributed by atoms with van der Waals surface area (Å²) in [6.45, 7) is 4.07. The van der Waals surface area contributed by atoms with Gasteiger partial charge in [-0.05, 0) is 79.6 Å². The predicted octanol–water partition coefficient (Wildman–Crippen LogP) is 8.50. The Kier molecular flexibility index (Phi) is 6.17. The zero-order valence-electron chi connectivity index (χ0n) is 21.6. The van der Waals surface area contributed by atoms with Crippen LogP contribution in [0, 0.1) is 13.8 Å². The van der Waals surface area contributed by atoms with Gasteiger partial charge < -0.3 is 14.8 Å². The van der Waals surface area contributed by atoms with Gasteiger partial charge in [0.25, 0.3) is 0 Å². The van der Waals surface area contributed by atoms with Crippen molar-refractivity contribution in [2.75, 3.05) is 5.32 Å². The van der Waals surface area contributed by atoms with Crippen LogP contribution in [0.2, 0.25) is 0 Å². The SMILES string of the molecule is Cc1ccc(/N=c2\ccc3c(-c4ccccc4C(=O)O)c4cc(Nc5ccccc5)c(C)cc4oc-3c2)cc1. The Labute approximate surface area is 226 Å². The number of aromatic carboxylic acids is 1. The van der Waals surface area contributed by atoms with E-state index in [0.717, 1.165) is 44.5 Å². The largest absolute Gasteiger partial charge is 0.478 e. The number of aryl methyl sites for hydroxylation is 2. The lowest BCUT2D eigenvalue weighted by Crippen LogP contribution is -2.05. The molecule has 0 saturated carbocycles.